The fourth-order valence-electron chi connectivity index (χ4n) is 2.88. The van der Waals surface area contributed by atoms with Crippen LogP contribution in [0.3, 0.4) is 0 Å². The van der Waals surface area contributed by atoms with Crippen LogP contribution < -0.4 is 4.74 Å². The third-order valence-electron chi connectivity index (χ3n) is 4.25. The molecule has 2 aromatic heterocycles. The Kier molecular flexibility index (Phi) is 6.15. The van der Waals surface area contributed by atoms with Gasteiger partial charge in [0.25, 0.3) is 0 Å². The minimum atomic E-state index is -0.544. The van der Waals surface area contributed by atoms with Crippen molar-refractivity contribution in [1.82, 2.24) is 9.97 Å². The second kappa shape index (κ2) is 8.74. The molecular weight excluding hydrogens is 344 g/mol. The van der Waals surface area contributed by atoms with Gasteiger partial charge in [-0.25, -0.2) is 4.98 Å². The summed E-state index contributed by atoms with van der Waals surface area (Å²) < 4.78 is 11.8. The van der Waals surface area contributed by atoms with Crippen molar-refractivity contribution in [2.75, 3.05) is 13.7 Å². The van der Waals surface area contributed by atoms with E-state index < -0.39 is 5.60 Å². The average molecular weight is 366 g/mol. The van der Waals surface area contributed by atoms with Crippen molar-refractivity contribution in [1.29, 1.82) is 0 Å². The van der Waals surface area contributed by atoms with E-state index in [9.17, 15) is 0 Å². The van der Waals surface area contributed by atoms with E-state index in [2.05, 4.69) is 23.0 Å². The van der Waals surface area contributed by atoms with Gasteiger partial charge in [0.05, 0.1) is 5.69 Å². The highest BCUT2D eigenvalue weighted by Gasteiger charge is 2.35. The van der Waals surface area contributed by atoms with Gasteiger partial charge in [0.15, 0.2) is 0 Å². The zero-order valence-electron chi connectivity index (χ0n) is 15.0. The smallest absolute Gasteiger partial charge is 0.144 e. The van der Waals surface area contributed by atoms with E-state index >= 15 is 0 Å². The van der Waals surface area contributed by atoms with E-state index in [4.69, 9.17) is 9.47 Å². The largest absolute Gasteiger partial charge is 0.490 e. The molecule has 0 amide bonds. The van der Waals surface area contributed by atoms with Crippen molar-refractivity contribution in [3.05, 3.63) is 82.6 Å². The Bertz CT molecular complexity index is 828. The Balaban J connectivity index is 1.74. The lowest BCUT2D eigenvalue weighted by molar-refractivity contribution is 0.0182. The second-order valence-electron chi connectivity index (χ2n) is 5.72. The van der Waals surface area contributed by atoms with Crippen LogP contribution in [-0.4, -0.2) is 23.7 Å². The third kappa shape index (κ3) is 4.00. The van der Waals surface area contributed by atoms with Gasteiger partial charge >= 0.3 is 0 Å². The number of rotatable bonds is 8. The lowest BCUT2D eigenvalue weighted by Gasteiger charge is -2.30. The number of benzene rings is 1. The molecule has 0 saturated heterocycles. The van der Waals surface area contributed by atoms with Gasteiger partial charge in [-0.3, -0.25) is 4.98 Å². The standard InChI is InChI=1S/C21H22N2O2S/c1-3-21(24-2,20-23-13-15-26-20)17-8-6-11-19(16-17)25-14-7-10-18-9-4-5-12-22-18/h4-13,15-16H,3,14H2,1-2H3. The first-order chi connectivity index (χ1) is 12.8. The van der Waals surface area contributed by atoms with E-state index in [-0.39, 0.29) is 0 Å². The van der Waals surface area contributed by atoms with Crippen LogP contribution in [0.2, 0.25) is 0 Å². The zero-order chi connectivity index (χ0) is 18.2. The summed E-state index contributed by atoms with van der Waals surface area (Å²) in [5, 5.41) is 2.93. The normalized spacial score (nSPS) is 13.6. The minimum Gasteiger partial charge on any atom is -0.490 e. The average Bonchev–Trinajstić information content (AvgIpc) is 3.23. The molecule has 3 rings (SSSR count). The van der Waals surface area contributed by atoms with Gasteiger partial charge in [0, 0.05) is 24.9 Å². The van der Waals surface area contributed by atoms with E-state index in [1.165, 1.54) is 0 Å². The molecule has 0 fully saturated rings. The number of hydrogen-bond acceptors (Lipinski definition) is 5. The van der Waals surface area contributed by atoms with E-state index in [1.54, 1.807) is 24.6 Å². The number of methoxy groups -OCH3 is 1. The van der Waals surface area contributed by atoms with Crippen LogP contribution in [0.5, 0.6) is 5.75 Å². The number of nitrogens with zero attached hydrogens (tertiary/aromatic N) is 2. The molecule has 0 N–H and O–H groups in total. The quantitative estimate of drug-likeness (QED) is 0.567. The number of hydrogen-bond donors (Lipinski definition) is 0. The van der Waals surface area contributed by atoms with Crippen molar-refractivity contribution >= 4 is 17.4 Å². The van der Waals surface area contributed by atoms with Gasteiger partial charge in [-0.05, 0) is 48.4 Å². The molecule has 0 spiro atoms. The van der Waals surface area contributed by atoms with E-state index in [1.807, 2.05) is 60.1 Å². The van der Waals surface area contributed by atoms with Crippen molar-refractivity contribution in [3.63, 3.8) is 0 Å². The first-order valence-corrected chi connectivity index (χ1v) is 9.42. The topological polar surface area (TPSA) is 44.2 Å². The molecule has 0 saturated carbocycles. The Labute approximate surface area is 158 Å². The molecule has 0 radical (unpaired) electrons. The Hall–Kier alpha value is -2.50. The summed E-state index contributed by atoms with van der Waals surface area (Å²) in [6.45, 7) is 2.58. The molecule has 2 heterocycles. The highest BCUT2D eigenvalue weighted by atomic mass is 32.1. The lowest BCUT2D eigenvalue weighted by atomic mass is 9.91. The molecule has 4 nitrogen and oxygen atoms in total. The van der Waals surface area contributed by atoms with Gasteiger partial charge in [0.2, 0.25) is 0 Å². The van der Waals surface area contributed by atoms with Gasteiger partial charge in [-0.1, -0.05) is 25.1 Å². The predicted molar refractivity (Wildman–Crippen MR) is 105 cm³/mol. The maximum atomic E-state index is 5.93. The number of thiazole rings is 1. The van der Waals surface area contributed by atoms with Crippen LogP contribution in [0.25, 0.3) is 6.08 Å². The molecule has 1 aromatic carbocycles. The number of pyridine rings is 1. The van der Waals surface area contributed by atoms with Crippen molar-refractivity contribution < 1.29 is 9.47 Å². The summed E-state index contributed by atoms with van der Waals surface area (Å²) in [4.78, 5) is 8.74. The molecule has 0 aliphatic heterocycles. The summed E-state index contributed by atoms with van der Waals surface area (Å²) >= 11 is 1.60. The van der Waals surface area contributed by atoms with Crippen LogP contribution >= 0.6 is 11.3 Å². The molecule has 0 bridgehead atoms. The highest BCUT2D eigenvalue weighted by molar-refractivity contribution is 7.09. The Morgan fingerprint density at radius 3 is 2.73 bits per heavy atom. The highest BCUT2D eigenvalue weighted by Crippen LogP contribution is 2.38. The summed E-state index contributed by atoms with van der Waals surface area (Å²) in [5.74, 6) is 0.805. The number of aromatic nitrogens is 2. The molecular formula is C21H22N2O2S. The Morgan fingerprint density at radius 2 is 2.04 bits per heavy atom. The van der Waals surface area contributed by atoms with Crippen LogP contribution in [0, 0.1) is 0 Å². The van der Waals surface area contributed by atoms with Crippen LogP contribution in [0.1, 0.15) is 29.6 Å². The van der Waals surface area contributed by atoms with Gasteiger partial charge in [0.1, 0.15) is 23.0 Å². The predicted octanol–water partition coefficient (Wildman–Crippen LogP) is 4.93. The van der Waals surface area contributed by atoms with Crippen LogP contribution in [-0.2, 0) is 10.3 Å². The summed E-state index contributed by atoms with van der Waals surface area (Å²) in [5.41, 5.74) is 1.42. The lowest BCUT2D eigenvalue weighted by Crippen LogP contribution is -2.29. The van der Waals surface area contributed by atoms with E-state index in [0.29, 0.717) is 6.61 Å². The first kappa shape index (κ1) is 18.3. The molecule has 134 valence electrons. The summed E-state index contributed by atoms with van der Waals surface area (Å²) in [7, 11) is 1.73. The minimum absolute atomic E-state index is 0.476. The summed E-state index contributed by atoms with van der Waals surface area (Å²) in [6.07, 6.45) is 8.29. The molecule has 3 aromatic rings. The second-order valence-corrected chi connectivity index (χ2v) is 6.61. The van der Waals surface area contributed by atoms with Crippen LogP contribution in [0.15, 0.2) is 66.3 Å². The molecule has 0 aliphatic carbocycles. The van der Waals surface area contributed by atoms with Gasteiger partial charge in [-0.15, -0.1) is 11.3 Å². The van der Waals surface area contributed by atoms with E-state index in [0.717, 1.165) is 28.4 Å². The Morgan fingerprint density at radius 1 is 1.12 bits per heavy atom. The number of ether oxygens (including phenoxy) is 2. The molecule has 1 atom stereocenters. The van der Waals surface area contributed by atoms with Crippen molar-refractivity contribution in [2.45, 2.75) is 18.9 Å². The molecule has 0 aliphatic rings. The fraction of sp³-hybridized carbons (Fsp3) is 0.238. The fourth-order valence-corrected chi connectivity index (χ4v) is 3.78. The maximum absolute atomic E-state index is 5.93. The van der Waals surface area contributed by atoms with Crippen molar-refractivity contribution in [2.24, 2.45) is 0 Å². The van der Waals surface area contributed by atoms with Crippen molar-refractivity contribution in [3.8, 4) is 5.75 Å². The third-order valence-corrected chi connectivity index (χ3v) is 5.16. The monoisotopic (exact) mass is 366 g/mol. The molecule has 1 unspecified atom stereocenters. The summed E-state index contributed by atoms with van der Waals surface area (Å²) in [6, 6.07) is 13.9. The zero-order valence-corrected chi connectivity index (χ0v) is 15.8. The first-order valence-electron chi connectivity index (χ1n) is 8.54. The molecule has 5 heteroatoms. The maximum Gasteiger partial charge on any atom is 0.144 e. The van der Waals surface area contributed by atoms with Crippen LogP contribution in [0.4, 0.5) is 0 Å². The molecule has 26 heavy (non-hydrogen) atoms. The van der Waals surface area contributed by atoms with Gasteiger partial charge in [-0.2, -0.15) is 0 Å². The van der Waals surface area contributed by atoms with Gasteiger partial charge < -0.3 is 9.47 Å². The SMILES string of the molecule is CCC(OC)(c1cccc(OCC=Cc2ccccn2)c1)c1nccs1.